The van der Waals surface area contributed by atoms with E-state index in [-0.39, 0.29) is 18.7 Å². The van der Waals surface area contributed by atoms with Gasteiger partial charge in [-0.2, -0.15) is 0 Å². The zero-order chi connectivity index (χ0) is 13.4. The summed E-state index contributed by atoms with van der Waals surface area (Å²) < 4.78 is 5.34. The minimum atomic E-state index is -0.969. The molecule has 0 heterocycles. The molecule has 0 unspecified atom stereocenters. The van der Waals surface area contributed by atoms with Gasteiger partial charge >= 0.3 is 5.97 Å². The molecular weight excluding hydrogens is 234 g/mol. The van der Waals surface area contributed by atoms with Crippen molar-refractivity contribution in [3.05, 3.63) is 29.8 Å². The van der Waals surface area contributed by atoms with E-state index in [4.69, 9.17) is 9.84 Å². The molecule has 5 heteroatoms. The summed E-state index contributed by atoms with van der Waals surface area (Å²) in [4.78, 5) is 21.6. The molecule has 0 aromatic heterocycles. The van der Waals surface area contributed by atoms with E-state index in [0.717, 1.165) is 11.3 Å². The lowest BCUT2D eigenvalue weighted by Crippen LogP contribution is -2.23. The van der Waals surface area contributed by atoms with E-state index in [2.05, 4.69) is 5.32 Å². The number of carboxylic acid groups (broad SMARTS) is 1. The average molecular weight is 251 g/mol. The fraction of sp³-hybridized carbons (Fsp3) is 0.385. The first-order valence-corrected chi connectivity index (χ1v) is 5.82. The lowest BCUT2D eigenvalue weighted by molar-refractivity contribution is -0.138. The van der Waals surface area contributed by atoms with Gasteiger partial charge in [0, 0.05) is 13.0 Å². The predicted molar refractivity (Wildman–Crippen MR) is 66.3 cm³/mol. The number of amides is 1. The third kappa shape index (κ3) is 5.34. The van der Waals surface area contributed by atoms with E-state index in [9.17, 15) is 9.59 Å². The Labute approximate surface area is 106 Å². The van der Waals surface area contributed by atoms with Gasteiger partial charge in [0.1, 0.15) is 5.75 Å². The molecule has 1 aromatic rings. The highest BCUT2D eigenvalue weighted by Gasteiger charge is 2.05. The number of carboxylic acids is 1. The zero-order valence-corrected chi connectivity index (χ0v) is 10.3. The van der Waals surface area contributed by atoms with Crippen molar-refractivity contribution >= 4 is 11.9 Å². The van der Waals surface area contributed by atoms with Crippen LogP contribution in [-0.2, 0) is 16.1 Å². The molecule has 18 heavy (non-hydrogen) atoms. The van der Waals surface area contributed by atoms with Gasteiger partial charge in [0.05, 0.1) is 13.0 Å². The fourth-order valence-corrected chi connectivity index (χ4v) is 1.42. The fourth-order valence-electron chi connectivity index (χ4n) is 1.42. The van der Waals surface area contributed by atoms with Gasteiger partial charge in [-0.05, 0) is 24.6 Å². The molecule has 0 aliphatic carbocycles. The Hall–Kier alpha value is -2.04. The molecular formula is C13H17NO4. The first kappa shape index (κ1) is 14.0. The third-order valence-corrected chi connectivity index (χ3v) is 2.27. The van der Waals surface area contributed by atoms with Crippen LogP contribution in [0.2, 0.25) is 0 Å². The van der Waals surface area contributed by atoms with Crippen molar-refractivity contribution in [2.45, 2.75) is 26.3 Å². The van der Waals surface area contributed by atoms with Crippen molar-refractivity contribution < 1.29 is 19.4 Å². The largest absolute Gasteiger partial charge is 0.494 e. The lowest BCUT2D eigenvalue weighted by Gasteiger charge is -2.07. The third-order valence-electron chi connectivity index (χ3n) is 2.27. The zero-order valence-electron chi connectivity index (χ0n) is 10.3. The van der Waals surface area contributed by atoms with Crippen LogP contribution in [0.5, 0.6) is 5.75 Å². The number of nitrogens with one attached hydrogen (secondary N) is 1. The summed E-state index contributed by atoms with van der Waals surface area (Å²) in [6.45, 7) is 2.87. The van der Waals surface area contributed by atoms with E-state index in [1.165, 1.54) is 0 Å². The number of benzene rings is 1. The van der Waals surface area contributed by atoms with Gasteiger partial charge < -0.3 is 15.2 Å². The molecule has 0 aliphatic heterocycles. The topological polar surface area (TPSA) is 75.6 Å². The van der Waals surface area contributed by atoms with Crippen molar-refractivity contribution in [2.75, 3.05) is 6.61 Å². The minimum absolute atomic E-state index is 0.000480. The van der Waals surface area contributed by atoms with Crippen LogP contribution >= 0.6 is 0 Å². The summed E-state index contributed by atoms with van der Waals surface area (Å²) in [6, 6.07) is 7.42. The number of rotatable bonds is 7. The quantitative estimate of drug-likeness (QED) is 0.771. The summed E-state index contributed by atoms with van der Waals surface area (Å²) in [5, 5.41) is 11.1. The second kappa shape index (κ2) is 7.32. The number of ether oxygens (including phenoxy) is 1. The Balaban J connectivity index is 2.40. The van der Waals surface area contributed by atoms with Gasteiger partial charge in [-0.3, -0.25) is 9.59 Å². The van der Waals surface area contributed by atoms with Crippen LogP contribution in [0, 0.1) is 0 Å². The van der Waals surface area contributed by atoms with Crippen LogP contribution in [0.1, 0.15) is 25.3 Å². The Morgan fingerprint density at radius 2 is 2.11 bits per heavy atom. The Kier molecular flexibility index (Phi) is 5.70. The number of hydrogen-bond donors (Lipinski definition) is 2. The second-order valence-electron chi connectivity index (χ2n) is 3.75. The Bertz CT molecular complexity index is 417. The molecule has 5 nitrogen and oxygen atoms in total. The molecule has 1 aromatic carbocycles. The van der Waals surface area contributed by atoms with Crippen LogP contribution in [0.25, 0.3) is 0 Å². The van der Waals surface area contributed by atoms with Crippen molar-refractivity contribution in [3.63, 3.8) is 0 Å². The molecule has 2 N–H and O–H groups in total. The summed E-state index contributed by atoms with van der Waals surface area (Å²) in [5.74, 6) is -0.475. The smallest absolute Gasteiger partial charge is 0.303 e. The molecule has 0 radical (unpaired) electrons. The first-order chi connectivity index (χ1) is 8.61. The van der Waals surface area contributed by atoms with Gasteiger partial charge in [0.25, 0.3) is 0 Å². The van der Waals surface area contributed by atoms with Gasteiger partial charge in [-0.15, -0.1) is 0 Å². The van der Waals surface area contributed by atoms with E-state index >= 15 is 0 Å². The monoisotopic (exact) mass is 251 g/mol. The van der Waals surface area contributed by atoms with Gasteiger partial charge in [-0.25, -0.2) is 0 Å². The standard InChI is InChI=1S/C13H17NO4/c1-2-18-11-5-3-4-10(8-11)9-14-12(15)6-7-13(16)17/h3-5,8H,2,6-7,9H2,1H3,(H,14,15)(H,16,17). The molecule has 0 spiro atoms. The molecule has 0 atom stereocenters. The van der Waals surface area contributed by atoms with Gasteiger partial charge in [-0.1, -0.05) is 12.1 Å². The van der Waals surface area contributed by atoms with E-state index < -0.39 is 5.97 Å². The number of carbonyl (C=O) groups excluding carboxylic acids is 1. The van der Waals surface area contributed by atoms with Crippen molar-refractivity contribution in [3.8, 4) is 5.75 Å². The molecule has 98 valence electrons. The van der Waals surface area contributed by atoms with Crippen molar-refractivity contribution in [1.29, 1.82) is 0 Å². The average Bonchev–Trinajstić information content (AvgIpc) is 2.35. The first-order valence-electron chi connectivity index (χ1n) is 5.82. The summed E-state index contributed by atoms with van der Waals surface area (Å²) in [5.41, 5.74) is 0.921. The molecule has 0 fully saturated rings. The predicted octanol–water partition coefficient (Wildman–Crippen LogP) is 1.57. The highest BCUT2D eigenvalue weighted by atomic mass is 16.5. The van der Waals surface area contributed by atoms with Crippen LogP contribution < -0.4 is 10.1 Å². The Morgan fingerprint density at radius 3 is 2.78 bits per heavy atom. The van der Waals surface area contributed by atoms with Gasteiger partial charge in [0.2, 0.25) is 5.91 Å². The number of aliphatic carboxylic acids is 1. The van der Waals surface area contributed by atoms with Crippen LogP contribution in [0.15, 0.2) is 24.3 Å². The molecule has 1 amide bonds. The van der Waals surface area contributed by atoms with Crippen molar-refractivity contribution in [1.82, 2.24) is 5.32 Å². The van der Waals surface area contributed by atoms with Crippen LogP contribution in [0.3, 0.4) is 0 Å². The van der Waals surface area contributed by atoms with Crippen LogP contribution in [0.4, 0.5) is 0 Å². The maximum atomic E-state index is 11.3. The highest BCUT2D eigenvalue weighted by Crippen LogP contribution is 2.12. The molecule has 0 saturated carbocycles. The Morgan fingerprint density at radius 1 is 1.33 bits per heavy atom. The molecule has 0 bridgehead atoms. The highest BCUT2D eigenvalue weighted by molar-refractivity contribution is 5.80. The van der Waals surface area contributed by atoms with E-state index in [1.54, 1.807) is 0 Å². The van der Waals surface area contributed by atoms with Crippen molar-refractivity contribution in [2.24, 2.45) is 0 Å². The van der Waals surface area contributed by atoms with E-state index in [0.29, 0.717) is 13.2 Å². The maximum Gasteiger partial charge on any atom is 0.303 e. The van der Waals surface area contributed by atoms with E-state index in [1.807, 2.05) is 31.2 Å². The summed E-state index contributed by atoms with van der Waals surface area (Å²) in [6.07, 6.45) is -0.148. The second-order valence-corrected chi connectivity index (χ2v) is 3.75. The molecule has 1 rings (SSSR count). The number of carbonyl (C=O) groups is 2. The maximum absolute atomic E-state index is 11.3. The molecule has 0 saturated heterocycles. The molecule has 0 aliphatic rings. The number of hydrogen-bond acceptors (Lipinski definition) is 3. The SMILES string of the molecule is CCOc1cccc(CNC(=O)CCC(=O)O)c1. The lowest BCUT2D eigenvalue weighted by atomic mass is 10.2. The van der Waals surface area contributed by atoms with Gasteiger partial charge in [0.15, 0.2) is 0 Å². The minimum Gasteiger partial charge on any atom is -0.494 e. The van der Waals surface area contributed by atoms with Crippen LogP contribution in [-0.4, -0.2) is 23.6 Å². The summed E-state index contributed by atoms with van der Waals surface area (Å²) >= 11 is 0. The normalized spacial score (nSPS) is 9.83. The summed E-state index contributed by atoms with van der Waals surface area (Å²) in [7, 11) is 0.